The molecule has 1 unspecified atom stereocenters. The zero-order valence-corrected chi connectivity index (χ0v) is 41.9. The Morgan fingerprint density at radius 3 is 2.59 bits per heavy atom. The van der Waals surface area contributed by atoms with E-state index in [9.17, 15) is 14.3 Å². The molecule has 0 radical (unpaired) electrons. The van der Waals surface area contributed by atoms with Gasteiger partial charge in [-0.25, -0.2) is 19.2 Å². The van der Waals surface area contributed by atoms with Gasteiger partial charge in [-0.2, -0.15) is 0 Å². The van der Waals surface area contributed by atoms with E-state index in [0.29, 0.717) is 47.2 Å². The fraction of sp³-hybridized carbons (Fsp3) is 0.362. The van der Waals surface area contributed by atoms with Gasteiger partial charge in [0.25, 0.3) is 0 Å². The first-order valence-corrected chi connectivity index (χ1v) is 25.9. The normalized spacial score (nSPS) is 19.6. The third-order valence-corrected chi connectivity index (χ3v) is 15.9. The molecule has 1 aliphatic carbocycles. The first-order chi connectivity index (χ1) is 34.1. The number of nitrogens with zero attached hydrogens (tertiary/aromatic N) is 3. The van der Waals surface area contributed by atoms with Gasteiger partial charge in [-0.1, -0.05) is 78.4 Å². The predicted octanol–water partition coefficient (Wildman–Crippen LogP) is 11.1. The number of hydrogen-bond donors (Lipinski definition) is 2. The topological polar surface area (TPSA) is 106 Å². The molecule has 1 fully saturated rings. The average Bonchev–Trinajstić information content (AvgIpc) is 3.78. The molecule has 3 aliphatic heterocycles. The molecule has 4 aromatic carbocycles. The second kappa shape index (κ2) is 22.9. The van der Waals surface area contributed by atoms with Gasteiger partial charge in [-0.05, 0) is 167 Å². The number of aliphatic carboxylic acids is 1. The van der Waals surface area contributed by atoms with Crippen LogP contribution in [0.3, 0.4) is 0 Å². The van der Waals surface area contributed by atoms with E-state index in [0.717, 1.165) is 129 Å². The van der Waals surface area contributed by atoms with Crippen molar-refractivity contribution in [1.29, 1.82) is 0 Å². The van der Waals surface area contributed by atoms with Gasteiger partial charge in [0.05, 0.1) is 18.4 Å². The monoisotopic (exact) mass is 980 g/mol. The van der Waals surface area contributed by atoms with Gasteiger partial charge >= 0.3 is 5.97 Å². The highest BCUT2D eigenvalue weighted by atomic mass is 35.5. The van der Waals surface area contributed by atoms with Crippen LogP contribution in [-0.2, 0) is 35.4 Å². The van der Waals surface area contributed by atoms with E-state index < -0.39 is 12.1 Å². The molecule has 364 valence electrons. The highest BCUT2D eigenvalue weighted by Gasteiger charge is 2.28. The number of likely N-dealkylation sites (tertiary alicyclic amines) is 1. The van der Waals surface area contributed by atoms with E-state index in [1.807, 2.05) is 48.5 Å². The molecule has 70 heavy (non-hydrogen) atoms. The molecule has 1 saturated heterocycles. The smallest absolute Gasteiger partial charge is 0.345 e. The number of carboxylic acids is 1. The number of hydrogen-bond acceptors (Lipinski definition) is 9. The predicted molar refractivity (Wildman–Crippen MR) is 279 cm³/mol. The summed E-state index contributed by atoms with van der Waals surface area (Å²) in [7, 11) is 3.69. The van der Waals surface area contributed by atoms with Gasteiger partial charge in [-0.3, -0.25) is 0 Å². The quantitative estimate of drug-likeness (QED) is 0.116. The van der Waals surface area contributed by atoms with Crippen molar-refractivity contribution < 1.29 is 28.5 Å². The lowest BCUT2D eigenvalue weighted by atomic mass is 9.87. The third-order valence-electron chi connectivity index (χ3n) is 14.1. The maximum absolute atomic E-state index is 14.5. The molecule has 4 bridgehead atoms. The van der Waals surface area contributed by atoms with Crippen molar-refractivity contribution in [3.8, 4) is 44.5 Å². The summed E-state index contributed by atoms with van der Waals surface area (Å²) in [4.78, 5) is 26.5. The van der Waals surface area contributed by atoms with Gasteiger partial charge < -0.3 is 29.5 Å². The van der Waals surface area contributed by atoms with Gasteiger partial charge in [0, 0.05) is 50.3 Å². The number of aryl methyl sites for hydroxylation is 1. The summed E-state index contributed by atoms with van der Waals surface area (Å²) in [5.41, 5.74) is 8.07. The molecule has 0 spiro atoms. The first kappa shape index (κ1) is 49.1. The van der Waals surface area contributed by atoms with Crippen LogP contribution in [0.2, 0.25) is 5.02 Å². The van der Waals surface area contributed by atoms with Crippen LogP contribution in [0.1, 0.15) is 79.3 Å². The van der Waals surface area contributed by atoms with Crippen molar-refractivity contribution in [3.63, 3.8) is 0 Å². The minimum Gasteiger partial charge on any atom is -0.496 e. The zero-order chi connectivity index (χ0) is 48.6. The Morgan fingerprint density at radius 1 is 0.957 bits per heavy atom. The number of aromatic nitrogens is 2. The van der Waals surface area contributed by atoms with E-state index in [1.54, 1.807) is 24.6 Å². The Hall–Kier alpha value is -5.85. The first-order valence-electron chi connectivity index (χ1n) is 24.7. The van der Waals surface area contributed by atoms with E-state index in [4.69, 9.17) is 30.8 Å². The number of methoxy groups -OCH3 is 1. The largest absolute Gasteiger partial charge is 0.496 e. The molecule has 2 aromatic heterocycles. The molecule has 4 aliphatic rings. The molecule has 6 aromatic rings. The molecular formula is C58H62ClFN4O5S. The van der Waals surface area contributed by atoms with Crippen molar-refractivity contribution in [2.45, 2.75) is 96.3 Å². The summed E-state index contributed by atoms with van der Waals surface area (Å²) in [6.45, 7) is 5.51. The van der Waals surface area contributed by atoms with Crippen molar-refractivity contribution in [1.82, 2.24) is 20.2 Å². The number of fused-ring (bicyclic) bond motifs is 7. The van der Waals surface area contributed by atoms with Crippen molar-refractivity contribution >= 4 is 40.7 Å². The number of halogens is 2. The SMILES string of the molecule is CNC1CCN(CCCC2CCc3ccc(OCc4ccnc(-c5ccccc5OC)n4)c(c3)C[C@H](C(=O)O)O/C3=c4\c(c(-c5ccc(F)cc5)s\c4=C/CC/C=C\C3)-c3ccc(c(Cl)c3C)C2)CC1. The molecule has 5 heterocycles. The summed E-state index contributed by atoms with van der Waals surface area (Å²) in [5, 5.41) is 16.2. The lowest BCUT2D eigenvalue weighted by molar-refractivity contribution is -0.146. The van der Waals surface area contributed by atoms with Crippen LogP contribution in [0.5, 0.6) is 11.5 Å². The van der Waals surface area contributed by atoms with Crippen LogP contribution in [0.25, 0.3) is 44.8 Å². The molecule has 2 atom stereocenters. The zero-order valence-electron chi connectivity index (χ0n) is 40.3. The van der Waals surface area contributed by atoms with Crippen LogP contribution in [0, 0.1) is 18.7 Å². The third kappa shape index (κ3) is 11.5. The summed E-state index contributed by atoms with van der Waals surface area (Å²) in [6, 6.07) is 27.2. The van der Waals surface area contributed by atoms with Crippen LogP contribution in [-0.4, -0.2) is 71.9 Å². The van der Waals surface area contributed by atoms with Crippen LogP contribution < -0.4 is 24.5 Å². The van der Waals surface area contributed by atoms with Gasteiger partial charge in [0.15, 0.2) is 11.9 Å². The van der Waals surface area contributed by atoms with Crippen LogP contribution in [0.4, 0.5) is 4.39 Å². The number of carboxylic acid groups (broad SMARTS) is 1. The molecule has 10 rings (SSSR count). The molecule has 0 amide bonds. The van der Waals surface area contributed by atoms with Crippen molar-refractivity contribution in [3.05, 3.63) is 152 Å². The second-order valence-corrected chi connectivity index (χ2v) is 20.2. The number of piperidine rings is 1. The van der Waals surface area contributed by atoms with E-state index in [-0.39, 0.29) is 18.8 Å². The lowest BCUT2D eigenvalue weighted by Gasteiger charge is -2.32. The van der Waals surface area contributed by atoms with E-state index in [2.05, 4.69) is 71.7 Å². The Morgan fingerprint density at radius 2 is 1.79 bits per heavy atom. The Balaban J connectivity index is 1.14. The van der Waals surface area contributed by atoms with Crippen molar-refractivity contribution in [2.24, 2.45) is 5.92 Å². The van der Waals surface area contributed by atoms with Crippen LogP contribution in [0.15, 0.2) is 103 Å². The maximum Gasteiger partial charge on any atom is 0.345 e. The van der Waals surface area contributed by atoms with Crippen molar-refractivity contribution in [2.75, 3.05) is 33.8 Å². The number of ether oxygens (including phenoxy) is 3. The van der Waals surface area contributed by atoms with Gasteiger partial charge in [0.2, 0.25) is 0 Å². The number of benzene rings is 4. The molecule has 9 nitrogen and oxygen atoms in total. The summed E-state index contributed by atoms with van der Waals surface area (Å²) in [5.74, 6) is 1.26. The second-order valence-electron chi connectivity index (χ2n) is 18.8. The van der Waals surface area contributed by atoms with Gasteiger partial charge in [-0.15, -0.1) is 11.3 Å². The fourth-order valence-corrected chi connectivity index (χ4v) is 11.8. The molecule has 2 N–H and O–H groups in total. The Kier molecular flexibility index (Phi) is 16.1. The number of thiophene rings is 1. The summed E-state index contributed by atoms with van der Waals surface area (Å²) < 4.78 is 34.6. The number of carbonyl (C=O) groups is 1. The number of nitrogens with one attached hydrogen (secondary N) is 1. The minimum absolute atomic E-state index is 0.0537. The fourth-order valence-electron chi connectivity index (χ4n) is 10.2. The molecular weight excluding hydrogens is 919 g/mol. The standard InChI is InChI=1S/C58H62ClFN4O5S/c1-37-46-24-21-41(55(37)59)33-38(11-10-30-64-31-27-44(61-2)28-32-64)16-17-39-18-25-48(68-36-45-26-29-62-57(63-45)47-12-8-9-13-49(47)67-3)42(34-39)35-51(58(65)66)69-50-14-6-4-5-7-15-52-54(50)53(46)56(70-52)40-19-22-43(60)23-20-40/h4,6,8-9,12-13,15,18-26,29,34,38,44,51,61H,5,7,10-11,14,16-17,27-28,30-33,35-36H2,1-3H3,(H,65,66)/b6-4-,52-15-,54-50-/t38?,51-/m1/s1. The van der Waals surface area contributed by atoms with Crippen LogP contribution >= 0.6 is 22.9 Å². The molecule has 12 heteroatoms. The highest BCUT2D eigenvalue weighted by molar-refractivity contribution is 7.14. The highest BCUT2D eigenvalue weighted by Crippen LogP contribution is 2.40. The summed E-state index contributed by atoms with van der Waals surface area (Å²) >= 11 is 9.16. The number of allylic oxidation sites excluding steroid dienone is 1. The minimum atomic E-state index is -1.26. The number of rotatable bonds is 12. The number of para-hydroxylation sites is 1. The lowest BCUT2D eigenvalue weighted by Crippen LogP contribution is -2.41. The Bertz CT molecular complexity index is 2970. The molecule has 0 saturated carbocycles. The Labute approximate surface area is 419 Å². The average molecular weight is 982 g/mol. The van der Waals surface area contributed by atoms with Gasteiger partial charge in [0.1, 0.15) is 29.7 Å². The van der Waals surface area contributed by atoms with E-state index in [1.165, 1.54) is 25.0 Å². The van der Waals surface area contributed by atoms with E-state index >= 15 is 0 Å². The summed E-state index contributed by atoms with van der Waals surface area (Å²) in [6.07, 6.45) is 15.9. The maximum atomic E-state index is 14.5.